The first kappa shape index (κ1) is 15.7. The van der Waals surface area contributed by atoms with E-state index >= 15 is 0 Å². The number of hydrogen-bond donors (Lipinski definition) is 1. The fourth-order valence-electron chi connectivity index (χ4n) is 3.62. The molecule has 9 nitrogen and oxygen atoms in total. The smallest absolute Gasteiger partial charge is 0.219 e. The lowest BCUT2D eigenvalue weighted by Crippen LogP contribution is -2.66. The molecular weight excluding hydrogens is 334 g/mol. The summed E-state index contributed by atoms with van der Waals surface area (Å²) < 4.78 is 10.8. The summed E-state index contributed by atoms with van der Waals surface area (Å²) in [6.07, 6.45) is 3.34. The van der Waals surface area contributed by atoms with Crippen LogP contribution >= 0.6 is 0 Å². The molecule has 3 saturated heterocycles. The third kappa shape index (κ3) is 2.73. The number of ether oxygens (including phenoxy) is 2. The van der Waals surface area contributed by atoms with Gasteiger partial charge in [0.2, 0.25) is 5.95 Å². The largest absolute Gasteiger partial charge is 0.380 e. The molecule has 26 heavy (non-hydrogen) atoms. The summed E-state index contributed by atoms with van der Waals surface area (Å²) in [6, 6.07) is 2.07. The molecule has 0 aromatic carbocycles. The van der Waals surface area contributed by atoms with Crippen molar-refractivity contribution in [2.45, 2.75) is 0 Å². The van der Waals surface area contributed by atoms with Crippen LogP contribution < -0.4 is 15.5 Å². The Hall–Kier alpha value is -2.52. The molecule has 5 rings (SSSR count). The quantitative estimate of drug-likeness (QED) is 0.826. The molecule has 1 spiro atoms. The number of aromatic nitrogens is 4. The van der Waals surface area contributed by atoms with Crippen LogP contribution in [0.2, 0.25) is 0 Å². The van der Waals surface area contributed by atoms with Crippen LogP contribution in [0.15, 0.2) is 18.5 Å². The predicted molar refractivity (Wildman–Crippen MR) is 96.0 cm³/mol. The Morgan fingerprint density at radius 3 is 2.19 bits per heavy atom. The van der Waals surface area contributed by atoms with Gasteiger partial charge in [-0.1, -0.05) is 0 Å². The molecule has 3 aliphatic heterocycles. The fourth-order valence-corrected chi connectivity index (χ4v) is 3.62. The Balaban J connectivity index is 1.49. The SMILES string of the molecule is Nc1ncc(-c2nc(N3CCOCC3)cc(N3CC4(COC4)C3)n2)cn1. The van der Waals surface area contributed by atoms with Crippen molar-refractivity contribution in [2.24, 2.45) is 5.41 Å². The van der Waals surface area contributed by atoms with Crippen LogP contribution in [0.5, 0.6) is 0 Å². The fraction of sp³-hybridized carbons (Fsp3) is 0.529. The van der Waals surface area contributed by atoms with E-state index in [4.69, 9.17) is 25.2 Å². The zero-order chi connectivity index (χ0) is 17.6. The van der Waals surface area contributed by atoms with Crippen molar-refractivity contribution in [3.05, 3.63) is 18.5 Å². The minimum atomic E-state index is 0.243. The molecule has 0 aliphatic carbocycles. The Morgan fingerprint density at radius 1 is 0.923 bits per heavy atom. The van der Waals surface area contributed by atoms with Gasteiger partial charge in [0.05, 0.1) is 37.4 Å². The van der Waals surface area contributed by atoms with Gasteiger partial charge in [0.25, 0.3) is 0 Å². The maximum atomic E-state index is 5.61. The summed E-state index contributed by atoms with van der Waals surface area (Å²) in [5.41, 5.74) is 6.70. The summed E-state index contributed by atoms with van der Waals surface area (Å²) in [5, 5.41) is 0. The normalized spacial score (nSPS) is 21.4. The van der Waals surface area contributed by atoms with E-state index in [0.717, 1.165) is 56.6 Å². The summed E-state index contributed by atoms with van der Waals surface area (Å²) in [5.74, 6) is 2.71. The van der Waals surface area contributed by atoms with Crippen molar-refractivity contribution in [3.8, 4) is 11.4 Å². The Kier molecular flexibility index (Phi) is 3.64. The number of morpholine rings is 1. The number of hydrogen-bond acceptors (Lipinski definition) is 9. The van der Waals surface area contributed by atoms with Gasteiger partial charge in [-0.25, -0.2) is 19.9 Å². The highest BCUT2D eigenvalue weighted by Gasteiger charge is 2.49. The molecule has 2 N–H and O–H groups in total. The van der Waals surface area contributed by atoms with Gasteiger partial charge in [-0.3, -0.25) is 0 Å². The molecule has 0 radical (unpaired) electrons. The average molecular weight is 355 g/mol. The number of nitrogen functional groups attached to an aromatic ring is 1. The summed E-state index contributed by atoms with van der Waals surface area (Å²) >= 11 is 0. The molecule has 0 unspecified atom stereocenters. The molecule has 2 aromatic heterocycles. The second-order valence-corrected chi connectivity index (χ2v) is 7.19. The van der Waals surface area contributed by atoms with E-state index in [2.05, 4.69) is 25.8 Å². The maximum Gasteiger partial charge on any atom is 0.219 e. The second-order valence-electron chi connectivity index (χ2n) is 7.19. The first-order valence-corrected chi connectivity index (χ1v) is 8.83. The maximum absolute atomic E-state index is 5.61. The van der Waals surface area contributed by atoms with Gasteiger partial charge >= 0.3 is 0 Å². The highest BCUT2D eigenvalue weighted by atomic mass is 16.5. The van der Waals surface area contributed by atoms with Gasteiger partial charge < -0.3 is 25.0 Å². The topological polar surface area (TPSA) is 103 Å². The molecule has 0 atom stereocenters. The molecule has 136 valence electrons. The average Bonchev–Trinajstić information content (AvgIpc) is 2.60. The Bertz CT molecular complexity index is 795. The molecule has 2 aromatic rings. The van der Waals surface area contributed by atoms with Crippen LogP contribution in [0.25, 0.3) is 11.4 Å². The molecule has 3 aliphatic rings. The summed E-state index contributed by atoms with van der Waals surface area (Å²) in [6.45, 7) is 6.73. The van der Waals surface area contributed by atoms with E-state index in [1.807, 2.05) is 0 Å². The van der Waals surface area contributed by atoms with Crippen LogP contribution in [0.3, 0.4) is 0 Å². The van der Waals surface area contributed by atoms with E-state index in [9.17, 15) is 0 Å². The Morgan fingerprint density at radius 2 is 1.58 bits per heavy atom. The van der Waals surface area contributed by atoms with Crippen molar-refractivity contribution in [3.63, 3.8) is 0 Å². The number of nitrogens with two attached hydrogens (primary N) is 1. The van der Waals surface area contributed by atoms with Gasteiger partial charge in [-0.05, 0) is 0 Å². The van der Waals surface area contributed by atoms with Gasteiger partial charge in [-0.2, -0.15) is 0 Å². The predicted octanol–water partition coefficient (Wildman–Crippen LogP) is 0.189. The van der Waals surface area contributed by atoms with Crippen LogP contribution in [0.1, 0.15) is 0 Å². The zero-order valence-corrected chi connectivity index (χ0v) is 14.5. The van der Waals surface area contributed by atoms with E-state index in [-0.39, 0.29) is 5.95 Å². The Labute approximate surface area is 151 Å². The monoisotopic (exact) mass is 355 g/mol. The van der Waals surface area contributed by atoms with Gasteiger partial charge in [-0.15, -0.1) is 0 Å². The van der Waals surface area contributed by atoms with E-state index < -0.39 is 0 Å². The van der Waals surface area contributed by atoms with Crippen LogP contribution in [-0.2, 0) is 9.47 Å². The molecule has 0 saturated carbocycles. The zero-order valence-electron chi connectivity index (χ0n) is 14.5. The van der Waals surface area contributed by atoms with Crippen LogP contribution in [0.4, 0.5) is 17.6 Å². The third-order valence-electron chi connectivity index (χ3n) is 5.16. The summed E-state index contributed by atoms with van der Waals surface area (Å²) in [4.78, 5) is 22.2. The lowest BCUT2D eigenvalue weighted by molar-refractivity contribution is -0.127. The van der Waals surface area contributed by atoms with Gasteiger partial charge in [0, 0.05) is 44.6 Å². The standard InChI is InChI=1S/C17H21N7O2/c18-16-19-6-12(7-20-16)15-21-13(23-1-3-25-4-2-23)5-14(22-15)24-8-17(9-24)10-26-11-17/h5-7H,1-4,8-11H2,(H2,18,19,20). The lowest BCUT2D eigenvalue weighted by Gasteiger charge is -2.55. The van der Waals surface area contributed by atoms with Crippen molar-refractivity contribution >= 4 is 17.6 Å². The number of rotatable bonds is 3. The minimum Gasteiger partial charge on any atom is -0.380 e. The summed E-state index contributed by atoms with van der Waals surface area (Å²) in [7, 11) is 0. The van der Waals surface area contributed by atoms with Crippen LogP contribution in [-0.4, -0.2) is 72.5 Å². The second kappa shape index (κ2) is 6.03. The highest BCUT2D eigenvalue weighted by Crippen LogP contribution is 2.40. The third-order valence-corrected chi connectivity index (χ3v) is 5.16. The van der Waals surface area contributed by atoms with Crippen LogP contribution in [0, 0.1) is 5.41 Å². The molecule has 0 bridgehead atoms. The van der Waals surface area contributed by atoms with Crippen molar-refractivity contribution < 1.29 is 9.47 Å². The van der Waals surface area contributed by atoms with Crippen molar-refractivity contribution in [2.75, 3.05) is 68.1 Å². The molecule has 3 fully saturated rings. The minimum absolute atomic E-state index is 0.243. The van der Waals surface area contributed by atoms with Crippen molar-refractivity contribution in [1.82, 2.24) is 19.9 Å². The molecule has 9 heteroatoms. The first-order chi connectivity index (χ1) is 12.7. The van der Waals surface area contributed by atoms with Gasteiger partial charge in [0.15, 0.2) is 5.82 Å². The number of nitrogens with zero attached hydrogens (tertiary/aromatic N) is 6. The van der Waals surface area contributed by atoms with Gasteiger partial charge in [0.1, 0.15) is 11.6 Å². The molecule has 5 heterocycles. The molecule has 0 amide bonds. The van der Waals surface area contributed by atoms with Crippen molar-refractivity contribution in [1.29, 1.82) is 0 Å². The first-order valence-electron chi connectivity index (χ1n) is 8.83. The van der Waals surface area contributed by atoms with E-state index in [1.165, 1.54) is 0 Å². The van der Waals surface area contributed by atoms with E-state index in [0.29, 0.717) is 24.5 Å². The lowest BCUT2D eigenvalue weighted by atomic mass is 9.78. The number of anilines is 3. The van der Waals surface area contributed by atoms with E-state index in [1.54, 1.807) is 12.4 Å². The molecular formula is C17H21N7O2. The highest BCUT2D eigenvalue weighted by molar-refractivity contribution is 5.62.